The van der Waals surface area contributed by atoms with Gasteiger partial charge in [-0.2, -0.15) is 0 Å². The van der Waals surface area contributed by atoms with Crippen LogP contribution in [0.15, 0.2) is 24.3 Å². The van der Waals surface area contributed by atoms with Gasteiger partial charge in [-0.15, -0.1) is 0 Å². The van der Waals surface area contributed by atoms with E-state index in [0.29, 0.717) is 11.3 Å². The van der Waals surface area contributed by atoms with Crippen molar-refractivity contribution >= 4 is 29.2 Å². The van der Waals surface area contributed by atoms with Crippen LogP contribution in [0, 0.1) is 0 Å². The number of hydrogen-bond acceptors (Lipinski definition) is 7. The summed E-state index contributed by atoms with van der Waals surface area (Å²) in [5.74, 6) is -0.108. The van der Waals surface area contributed by atoms with Gasteiger partial charge in [-0.05, 0) is 12.1 Å². The van der Waals surface area contributed by atoms with Gasteiger partial charge in [-0.25, -0.2) is 4.79 Å². The van der Waals surface area contributed by atoms with Gasteiger partial charge in [0.25, 0.3) is 0 Å². The zero-order valence-electron chi connectivity index (χ0n) is 14.2. The lowest BCUT2D eigenvalue weighted by Gasteiger charge is -2.07. The molecule has 9 heteroatoms. The normalized spacial score (nSPS) is 9.77. The second-order valence-corrected chi connectivity index (χ2v) is 5.58. The Balaban J connectivity index is 0.000000263. The number of esters is 1. The molecule has 0 heterocycles. The molecule has 7 nitrogen and oxygen atoms in total. The molecule has 0 atom stereocenters. The largest absolute Gasteiger partial charge is 0.506 e. The predicted octanol–water partition coefficient (Wildman–Crippen LogP) is 3.39. The predicted molar refractivity (Wildman–Crippen MR) is 96.6 cm³/mol. The van der Waals surface area contributed by atoms with Gasteiger partial charge in [0.2, 0.25) is 0 Å². The monoisotopic (exact) mass is 404 g/mol. The maximum atomic E-state index is 11.2. The zero-order valence-corrected chi connectivity index (χ0v) is 15.8. The summed E-state index contributed by atoms with van der Waals surface area (Å²) < 4.78 is 14.3. The van der Waals surface area contributed by atoms with Gasteiger partial charge in [-0.1, -0.05) is 23.2 Å². The molecule has 0 amide bonds. The van der Waals surface area contributed by atoms with Crippen LogP contribution >= 0.6 is 23.2 Å². The van der Waals surface area contributed by atoms with Crippen molar-refractivity contribution in [2.45, 2.75) is 6.61 Å². The standard InChI is InChI=1S/C9H9ClO4.C8H9ClO3/c1-13-8-4-7(11)6(10)3-5(8)9(12)14-2;1-12-8-3-7(11)6(9)2-5(8)4-10/h3-4,11H,1-2H3;2-3,10-11H,4H2,1H3. The first-order valence-corrected chi connectivity index (χ1v) is 7.85. The molecule has 0 aromatic heterocycles. The van der Waals surface area contributed by atoms with E-state index in [-0.39, 0.29) is 39.5 Å². The molecule has 0 aliphatic heterocycles. The van der Waals surface area contributed by atoms with E-state index in [2.05, 4.69) is 4.74 Å². The van der Waals surface area contributed by atoms with Crippen molar-refractivity contribution < 1.29 is 34.3 Å². The number of phenols is 2. The topological polar surface area (TPSA) is 105 Å². The number of carbonyl (C=O) groups excluding carboxylic acids is 1. The molecular weight excluding hydrogens is 387 g/mol. The Morgan fingerprint density at radius 3 is 1.88 bits per heavy atom. The number of methoxy groups -OCH3 is 3. The molecule has 2 rings (SSSR count). The molecule has 0 aliphatic carbocycles. The number of benzene rings is 2. The molecule has 0 radical (unpaired) electrons. The third kappa shape index (κ3) is 5.32. The fraction of sp³-hybridized carbons (Fsp3) is 0.235. The van der Waals surface area contributed by atoms with Gasteiger partial charge >= 0.3 is 5.97 Å². The third-order valence-corrected chi connectivity index (χ3v) is 3.80. The van der Waals surface area contributed by atoms with Gasteiger partial charge < -0.3 is 29.5 Å². The van der Waals surface area contributed by atoms with Crippen molar-refractivity contribution in [3.8, 4) is 23.0 Å². The van der Waals surface area contributed by atoms with Crippen LogP contribution in [0.2, 0.25) is 10.0 Å². The highest BCUT2D eigenvalue weighted by atomic mass is 35.5. The first-order chi connectivity index (χ1) is 12.3. The summed E-state index contributed by atoms with van der Waals surface area (Å²) in [7, 11) is 4.10. The lowest BCUT2D eigenvalue weighted by molar-refractivity contribution is 0.0597. The fourth-order valence-electron chi connectivity index (χ4n) is 1.88. The van der Waals surface area contributed by atoms with Crippen molar-refractivity contribution in [2.24, 2.45) is 0 Å². The molecule has 0 aliphatic rings. The number of hydrogen-bond donors (Lipinski definition) is 3. The Hall–Kier alpha value is -2.35. The first kappa shape index (κ1) is 21.7. The van der Waals surface area contributed by atoms with E-state index in [4.69, 9.17) is 42.9 Å². The van der Waals surface area contributed by atoms with E-state index < -0.39 is 5.97 Å². The quantitative estimate of drug-likeness (QED) is 0.670. The molecule has 3 N–H and O–H groups in total. The number of aliphatic hydroxyl groups is 1. The maximum absolute atomic E-state index is 11.2. The van der Waals surface area contributed by atoms with E-state index in [1.165, 1.54) is 45.6 Å². The number of rotatable bonds is 4. The highest BCUT2D eigenvalue weighted by Crippen LogP contribution is 2.32. The van der Waals surface area contributed by atoms with Crippen molar-refractivity contribution in [1.29, 1.82) is 0 Å². The lowest BCUT2D eigenvalue weighted by Crippen LogP contribution is -2.03. The van der Waals surface area contributed by atoms with Crippen LogP contribution < -0.4 is 9.47 Å². The second-order valence-electron chi connectivity index (χ2n) is 4.77. The van der Waals surface area contributed by atoms with Crippen molar-refractivity contribution in [2.75, 3.05) is 21.3 Å². The fourth-order valence-corrected chi connectivity index (χ4v) is 2.23. The molecule has 26 heavy (non-hydrogen) atoms. The van der Waals surface area contributed by atoms with E-state index in [9.17, 15) is 9.90 Å². The maximum Gasteiger partial charge on any atom is 0.341 e. The minimum atomic E-state index is -0.566. The molecule has 0 saturated heterocycles. The van der Waals surface area contributed by atoms with Crippen LogP contribution in [0.5, 0.6) is 23.0 Å². The van der Waals surface area contributed by atoms with Gasteiger partial charge in [0, 0.05) is 17.7 Å². The van der Waals surface area contributed by atoms with Crippen molar-refractivity contribution in [3.63, 3.8) is 0 Å². The Bertz CT molecular complexity index is 749. The van der Waals surface area contributed by atoms with Gasteiger partial charge in [0.15, 0.2) is 0 Å². The van der Waals surface area contributed by atoms with Gasteiger partial charge in [0.05, 0.1) is 38.0 Å². The van der Waals surface area contributed by atoms with Crippen LogP contribution in [0.3, 0.4) is 0 Å². The Labute approximate surface area is 160 Å². The average molecular weight is 405 g/mol. The summed E-state index contributed by atoms with van der Waals surface area (Å²) in [5, 5.41) is 27.5. The number of phenolic OH excluding ortho intramolecular Hbond substituents is 2. The van der Waals surface area contributed by atoms with E-state index in [0.717, 1.165) is 0 Å². The Morgan fingerprint density at radius 2 is 1.42 bits per heavy atom. The van der Waals surface area contributed by atoms with Crippen LogP contribution in [-0.4, -0.2) is 42.6 Å². The van der Waals surface area contributed by atoms with E-state index >= 15 is 0 Å². The smallest absolute Gasteiger partial charge is 0.341 e. The molecule has 0 bridgehead atoms. The molecule has 2 aromatic rings. The molecular formula is C17H18Cl2O7. The van der Waals surface area contributed by atoms with E-state index in [1.807, 2.05) is 0 Å². The SMILES string of the molecule is COC(=O)c1cc(Cl)c(O)cc1OC.COc1cc(O)c(Cl)cc1CO. The van der Waals surface area contributed by atoms with Gasteiger partial charge in [0.1, 0.15) is 28.6 Å². The summed E-state index contributed by atoms with van der Waals surface area (Å²) in [6.45, 7) is -0.164. The van der Waals surface area contributed by atoms with E-state index in [1.54, 1.807) is 0 Å². The molecule has 0 saturated carbocycles. The molecule has 0 spiro atoms. The molecule has 0 unspecified atom stereocenters. The van der Waals surface area contributed by atoms with Crippen LogP contribution in [0.25, 0.3) is 0 Å². The minimum absolute atomic E-state index is 0.0503. The summed E-state index contributed by atoms with van der Waals surface area (Å²) >= 11 is 11.2. The van der Waals surface area contributed by atoms with Gasteiger partial charge in [-0.3, -0.25) is 0 Å². The minimum Gasteiger partial charge on any atom is -0.506 e. The highest BCUT2D eigenvalue weighted by molar-refractivity contribution is 6.32. The summed E-state index contributed by atoms with van der Waals surface area (Å²) in [6.07, 6.45) is 0. The van der Waals surface area contributed by atoms with Crippen molar-refractivity contribution in [3.05, 3.63) is 45.4 Å². The summed E-state index contributed by atoms with van der Waals surface area (Å²) in [6, 6.07) is 5.39. The molecule has 142 valence electrons. The third-order valence-electron chi connectivity index (χ3n) is 3.19. The molecule has 0 fully saturated rings. The number of aliphatic hydroxyl groups excluding tert-OH is 1. The average Bonchev–Trinajstić information content (AvgIpc) is 2.65. The second kappa shape index (κ2) is 9.96. The number of aromatic hydroxyl groups is 2. The number of halogens is 2. The lowest BCUT2D eigenvalue weighted by atomic mass is 10.2. The van der Waals surface area contributed by atoms with Crippen molar-refractivity contribution in [1.82, 2.24) is 0 Å². The Morgan fingerprint density at radius 1 is 0.923 bits per heavy atom. The number of ether oxygens (including phenoxy) is 3. The molecule has 2 aromatic carbocycles. The van der Waals surface area contributed by atoms with Crippen LogP contribution in [0.1, 0.15) is 15.9 Å². The first-order valence-electron chi connectivity index (χ1n) is 7.10. The Kier molecular flexibility index (Phi) is 8.31. The summed E-state index contributed by atoms with van der Waals surface area (Å²) in [5.41, 5.74) is 0.734. The highest BCUT2D eigenvalue weighted by Gasteiger charge is 2.15. The zero-order chi connectivity index (χ0) is 19.9. The van der Waals surface area contributed by atoms with Crippen LogP contribution in [0.4, 0.5) is 0 Å². The van der Waals surface area contributed by atoms with Crippen LogP contribution in [-0.2, 0) is 11.3 Å². The number of carbonyl (C=O) groups is 1. The summed E-state index contributed by atoms with van der Waals surface area (Å²) in [4.78, 5) is 11.2.